The molecule has 0 aliphatic heterocycles. The molecule has 1 aliphatic carbocycles. The van der Waals surface area contributed by atoms with Crippen molar-refractivity contribution in [2.24, 2.45) is 10.4 Å². The number of ether oxygens (including phenoxy) is 2. The van der Waals surface area contributed by atoms with Crippen LogP contribution >= 0.6 is 0 Å². The molecule has 1 rings (SSSR count). The number of nitrogens with one attached hydrogen (secondary N) is 2. The van der Waals surface area contributed by atoms with Crippen molar-refractivity contribution in [1.29, 1.82) is 0 Å². The first-order chi connectivity index (χ1) is 10.3. The molecule has 0 spiro atoms. The zero-order valence-corrected chi connectivity index (χ0v) is 14.0. The Balaban J connectivity index is 2.48. The molecule has 0 aromatic carbocycles. The molecule has 0 heterocycles. The minimum absolute atomic E-state index is 0.352. The number of hydrogen-bond donors (Lipinski definition) is 2. The van der Waals surface area contributed by atoms with E-state index in [1.165, 1.54) is 25.7 Å². The highest BCUT2D eigenvalue weighted by Gasteiger charge is 2.33. The van der Waals surface area contributed by atoms with E-state index in [4.69, 9.17) is 14.5 Å². The van der Waals surface area contributed by atoms with Crippen LogP contribution in [0.2, 0.25) is 0 Å². The summed E-state index contributed by atoms with van der Waals surface area (Å²) in [6.07, 6.45) is 7.34. The summed E-state index contributed by atoms with van der Waals surface area (Å²) in [6, 6.07) is 0. The average Bonchev–Trinajstić information content (AvgIpc) is 2.96. The van der Waals surface area contributed by atoms with Crippen LogP contribution in [0, 0.1) is 5.41 Å². The quantitative estimate of drug-likeness (QED) is 0.369. The van der Waals surface area contributed by atoms with Crippen molar-refractivity contribution in [1.82, 2.24) is 10.6 Å². The Labute approximate surface area is 129 Å². The molecule has 0 unspecified atom stereocenters. The number of rotatable bonds is 10. The van der Waals surface area contributed by atoms with Crippen molar-refractivity contribution in [3.05, 3.63) is 0 Å². The van der Waals surface area contributed by atoms with E-state index < -0.39 is 0 Å². The second kappa shape index (κ2) is 10.9. The standard InChI is InChI=1S/C16H33N3O2/c1-4-17-15(18-11-7-12-20-2)19-14-16(10-13-21-3)8-5-6-9-16/h4-14H2,1-3H3,(H2,17,18,19). The van der Waals surface area contributed by atoms with Gasteiger partial charge in [-0.3, -0.25) is 4.99 Å². The van der Waals surface area contributed by atoms with E-state index in [1.807, 2.05) is 0 Å². The fraction of sp³-hybridized carbons (Fsp3) is 0.938. The highest BCUT2D eigenvalue weighted by Crippen LogP contribution is 2.41. The molecule has 0 atom stereocenters. The van der Waals surface area contributed by atoms with Crippen LogP contribution in [-0.4, -0.2) is 53.0 Å². The van der Waals surface area contributed by atoms with Gasteiger partial charge in [0.1, 0.15) is 0 Å². The van der Waals surface area contributed by atoms with E-state index in [-0.39, 0.29) is 0 Å². The van der Waals surface area contributed by atoms with Gasteiger partial charge in [0.15, 0.2) is 5.96 Å². The van der Waals surface area contributed by atoms with Crippen molar-refractivity contribution in [2.45, 2.75) is 45.4 Å². The lowest BCUT2D eigenvalue weighted by Gasteiger charge is -2.27. The lowest BCUT2D eigenvalue weighted by molar-refractivity contribution is 0.141. The molecule has 0 amide bonds. The monoisotopic (exact) mass is 299 g/mol. The fourth-order valence-corrected chi connectivity index (χ4v) is 2.94. The van der Waals surface area contributed by atoms with Gasteiger partial charge in [-0.1, -0.05) is 12.8 Å². The topological polar surface area (TPSA) is 54.9 Å². The van der Waals surface area contributed by atoms with Gasteiger partial charge in [0.2, 0.25) is 0 Å². The lowest BCUT2D eigenvalue weighted by Crippen LogP contribution is -2.39. The number of guanidine groups is 1. The van der Waals surface area contributed by atoms with E-state index in [2.05, 4.69) is 17.6 Å². The maximum Gasteiger partial charge on any atom is 0.191 e. The molecule has 21 heavy (non-hydrogen) atoms. The summed E-state index contributed by atoms with van der Waals surface area (Å²) in [6.45, 7) is 6.40. The predicted octanol–water partition coefficient (Wildman–Crippen LogP) is 2.17. The summed E-state index contributed by atoms with van der Waals surface area (Å²) in [7, 11) is 3.52. The molecular formula is C16H33N3O2. The third-order valence-electron chi connectivity index (χ3n) is 4.24. The second-order valence-electron chi connectivity index (χ2n) is 5.92. The molecule has 1 aliphatic rings. The van der Waals surface area contributed by atoms with E-state index in [9.17, 15) is 0 Å². The summed E-state index contributed by atoms with van der Waals surface area (Å²) in [5.74, 6) is 0.928. The van der Waals surface area contributed by atoms with Crippen molar-refractivity contribution in [3.8, 4) is 0 Å². The minimum Gasteiger partial charge on any atom is -0.385 e. The van der Waals surface area contributed by atoms with Crippen LogP contribution in [-0.2, 0) is 9.47 Å². The Hall–Kier alpha value is -0.810. The van der Waals surface area contributed by atoms with Gasteiger partial charge >= 0.3 is 0 Å². The number of methoxy groups -OCH3 is 2. The van der Waals surface area contributed by atoms with Gasteiger partial charge in [0, 0.05) is 47.1 Å². The first-order valence-electron chi connectivity index (χ1n) is 8.26. The van der Waals surface area contributed by atoms with Crippen LogP contribution in [0.15, 0.2) is 4.99 Å². The Bertz CT molecular complexity index is 289. The summed E-state index contributed by atoms with van der Waals surface area (Å²) < 4.78 is 10.4. The minimum atomic E-state index is 0.352. The highest BCUT2D eigenvalue weighted by molar-refractivity contribution is 5.79. The molecule has 1 fully saturated rings. The molecular weight excluding hydrogens is 266 g/mol. The van der Waals surface area contributed by atoms with Crippen molar-refractivity contribution in [3.63, 3.8) is 0 Å². The first-order valence-corrected chi connectivity index (χ1v) is 8.26. The summed E-state index contributed by atoms with van der Waals surface area (Å²) in [4.78, 5) is 4.82. The largest absolute Gasteiger partial charge is 0.385 e. The van der Waals surface area contributed by atoms with Gasteiger partial charge in [-0.05, 0) is 38.0 Å². The summed E-state index contributed by atoms with van der Waals surface area (Å²) in [5, 5.41) is 6.70. The third kappa shape index (κ3) is 7.14. The van der Waals surface area contributed by atoms with Crippen LogP contribution < -0.4 is 10.6 Å². The fourth-order valence-electron chi connectivity index (χ4n) is 2.94. The molecule has 0 bridgehead atoms. The molecule has 0 aromatic heterocycles. The van der Waals surface area contributed by atoms with Crippen molar-refractivity contribution in [2.75, 3.05) is 47.1 Å². The Morgan fingerprint density at radius 2 is 1.81 bits per heavy atom. The van der Waals surface area contributed by atoms with Gasteiger partial charge in [-0.2, -0.15) is 0 Å². The zero-order valence-electron chi connectivity index (χ0n) is 14.0. The van der Waals surface area contributed by atoms with E-state index in [0.29, 0.717) is 5.41 Å². The molecule has 0 radical (unpaired) electrons. The maximum absolute atomic E-state index is 5.28. The second-order valence-corrected chi connectivity index (χ2v) is 5.92. The van der Waals surface area contributed by atoms with E-state index in [0.717, 1.165) is 51.6 Å². The van der Waals surface area contributed by atoms with E-state index in [1.54, 1.807) is 14.2 Å². The molecule has 5 heteroatoms. The molecule has 5 nitrogen and oxygen atoms in total. The smallest absolute Gasteiger partial charge is 0.191 e. The Morgan fingerprint density at radius 1 is 1.10 bits per heavy atom. The van der Waals surface area contributed by atoms with Gasteiger partial charge < -0.3 is 20.1 Å². The Kier molecular flexibility index (Phi) is 9.42. The number of hydrogen-bond acceptors (Lipinski definition) is 3. The Morgan fingerprint density at radius 3 is 2.43 bits per heavy atom. The molecule has 0 saturated heterocycles. The summed E-state index contributed by atoms with van der Waals surface area (Å²) >= 11 is 0. The van der Waals surface area contributed by atoms with Gasteiger partial charge in [-0.15, -0.1) is 0 Å². The highest BCUT2D eigenvalue weighted by atomic mass is 16.5. The van der Waals surface area contributed by atoms with Crippen molar-refractivity contribution < 1.29 is 9.47 Å². The SMILES string of the molecule is CCNC(=NCC1(CCOC)CCCC1)NCCCOC. The van der Waals surface area contributed by atoms with E-state index >= 15 is 0 Å². The molecule has 1 saturated carbocycles. The number of aliphatic imine (C=N–C) groups is 1. The predicted molar refractivity (Wildman–Crippen MR) is 87.9 cm³/mol. The number of nitrogens with zero attached hydrogens (tertiary/aromatic N) is 1. The average molecular weight is 299 g/mol. The van der Waals surface area contributed by atoms with Crippen LogP contribution in [0.25, 0.3) is 0 Å². The van der Waals surface area contributed by atoms with Gasteiger partial charge in [-0.25, -0.2) is 0 Å². The summed E-state index contributed by atoms with van der Waals surface area (Å²) in [5.41, 5.74) is 0.352. The van der Waals surface area contributed by atoms with Crippen LogP contribution in [0.5, 0.6) is 0 Å². The lowest BCUT2D eigenvalue weighted by atomic mass is 9.83. The van der Waals surface area contributed by atoms with Crippen molar-refractivity contribution >= 4 is 5.96 Å². The molecule has 2 N–H and O–H groups in total. The van der Waals surface area contributed by atoms with Crippen LogP contribution in [0.3, 0.4) is 0 Å². The van der Waals surface area contributed by atoms with Gasteiger partial charge in [0.05, 0.1) is 0 Å². The normalized spacial score (nSPS) is 18.0. The first kappa shape index (κ1) is 18.2. The van der Waals surface area contributed by atoms with Crippen LogP contribution in [0.4, 0.5) is 0 Å². The zero-order chi connectivity index (χ0) is 15.4. The molecule has 124 valence electrons. The maximum atomic E-state index is 5.28. The third-order valence-corrected chi connectivity index (χ3v) is 4.24. The van der Waals surface area contributed by atoms with Crippen LogP contribution in [0.1, 0.15) is 45.4 Å². The van der Waals surface area contributed by atoms with Gasteiger partial charge in [0.25, 0.3) is 0 Å². The molecule has 0 aromatic rings.